The summed E-state index contributed by atoms with van der Waals surface area (Å²) in [5.74, 6) is -0.755. The minimum atomic E-state index is -4.53. The molecule has 1 heterocycles. The van der Waals surface area contributed by atoms with E-state index in [1.54, 1.807) is 4.90 Å². The average molecular weight is 371 g/mol. The molecule has 0 spiro atoms. The fraction of sp³-hybridized carbons (Fsp3) is 0.400. The van der Waals surface area contributed by atoms with Crippen LogP contribution in [0.1, 0.15) is 12.5 Å². The number of halogens is 3. The van der Waals surface area contributed by atoms with Crippen molar-refractivity contribution in [3.8, 4) is 0 Å². The molecule has 1 aliphatic rings. The predicted octanol–water partition coefficient (Wildman–Crippen LogP) is 0.594. The molecule has 11 heteroatoms. The first-order valence-electron chi connectivity index (χ1n) is 7.73. The van der Waals surface area contributed by atoms with Crippen molar-refractivity contribution in [3.63, 3.8) is 0 Å². The van der Waals surface area contributed by atoms with Crippen molar-refractivity contribution >= 4 is 29.2 Å². The molecule has 2 rings (SSSR count). The maximum absolute atomic E-state index is 13.0. The molecule has 1 saturated heterocycles. The van der Waals surface area contributed by atoms with E-state index in [0.29, 0.717) is 31.9 Å². The molecular formula is C15H20F3N7O. The van der Waals surface area contributed by atoms with Crippen LogP contribution < -0.4 is 22.1 Å². The lowest BCUT2D eigenvalue weighted by atomic mass is 10.1. The Labute approximate surface area is 148 Å². The first-order chi connectivity index (χ1) is 12.1. The zero-order valence-corrected chi connectivity index (χ0v) is 14.1. The number of anilines is 1. The molecular weight excluding hydrogens is 351 g/mol. The highest BCUT2D eigenvalue weighted by Gasteiger charge is 2.32. The number of alkyl halides is 3. The van der Waals surface area contributed by atoms with Crippen molar-refractivity contribution in [1.82, 2.24) is 4.90 Å². The third kappa shape index (κ3) is 4.77. The Hall–Kier alpha value is -2.98. The Morgan fingerprint density at radius 2 is 1.73 bits per heavy atom. The van der Waals surface area contributed by atoms with Gasteiger partial charge in [-0.2, -0.15) is 18.2 Å². The Bertz CT molecular complexity index is 733. The van der Waals surface area contributed by atoms with E-state index in [0.717, 1.165) is 12.1 Å². The number of aliphatic imine (C=N–C) groups is 2. The van der Waals surface area contributed by atoms with Gasteiger partial charge in [0, 0.05) is 33.1 Å². The van der Waals surface area contributed by atoms with E-state index in [1.807, 2.05) is 4.90 Å². The van der Waals surface area contributed by atoms with E-state index in [4.69, 9.17) is 17.2 Å². The molecule has 1 aromatic rings. The molecule has 0 aliphatic carbocycles. The molecule has 0 radical (unpaired) electrons. The SMILES string of the molecule is CC(=O)N1CCN(c2ccc(C(F)(F)F)cc2N=C(N)N=C(N)N)CC1. The van der Waals surface area contributed by atoms with Crippen LogP contribution in [0.2, 0.25) is 0 Å². The number of benzene rings is 1. The van der Waals surface area contributed by atoms with Crippen molar-refractivity contribution < 1.29 is 18.0 Å². The van der Waals surface area contributed by atoms with Gasteiger partial charge >= 0.3 is 6.18 Å². The summed E-state index contributed by atoms with van der Waals surface area (Å²) in [6.07, 6.45) is -4.53. The number of nitrogens with two attached hydrogens (primary N) is 3. The van der Waals surface area contributed by atoms with E-state index in [1.165, 1.54) is 13.0 Å². The molecule has 0 saturated carbocycles. The molecule has 6 N–H and O–H groups in total. The number of rotatable bonds is 2. The summed E-state index contributed by atoms with van der Waals surface area (Å²) in [5, 5.41) is 0. The van der Waals surface area contributed by atoms with Crippen LogP contribution in [0.3, 0.4) is 0 Å². The number of hydrogen-bond donors (Lipinski definition) is 3. The molecule has 26 heavy (non-hydrogen) atoms. The molecule has 1 aliphatic heterocycles. The number of amides is 1. The maximum Gasteiger partial charge on any atom is 0.416 e. The minimum absolute atomic E-state index is 0.00130. The van der Waals surface area contributed by atoms with Crippen LogP contribution in [0.5, 0.6) is 0 Å². The third-order valence-corrected chi connectivity index (χ3v) is 3.85. The fourth-order valence-electron chi connectivity index (χ4n) is 2.60. The number of guanidine groups is 2. The van der Waals surface area contributed by atoms with Crippen LogP contribution in [0.15, 0.2) is 28.2 Å². The zero-order valence-electron chi connectivity index (χ0n) is 14.1. The van der Waals surface area contributed by atoms with E-state index >= 15 is 0 Å². The van der Waals surface area contributed by atoms with Crippen molar-refractivity contribution in [3.05, 3.63) is 23.8 Å². The molecule has 0 atom stereocenters. The molecule has 1 aromatic carbocycles. The van der Waals surface area contributed by atoms with Crippen molar-refractivity contribution in [2.24, 2.45) is 27.2 Å². The van der Waals surface area contributed by atoms with E-state index in [9.17, 15) is 18.0 Å². The van der Waals surface area contributed by atoms with Gasteiger partial charge in [0.2, 0.25) is 11.9 Å². The second-order valence-corrected chi connectivity index (χ2v) is 5.70. The first kappa shape index (κ1) is 19.3. The van der Waals surface area contributed by atoms with Gasteiger partial charge in [-0.3, -0.25) is 4.79 Å². The quantitative estimate of drug-likeness (QED) is 0.518. The monoisotopic (exact) mass is 371 g/mol. The van der Waals surface area contributed by atoms with Crippen molar-refractivity contribution in [2.45, 2.75) is 13.1 Å². The van der Waals surface area contributed by atoms with Crippen LogP contribution in [0, 0.1) is 0 Å². The Kier molecular flexibility index (Phi) is 5.58. The highest BCUT2D eigenvalue weighted by atomic mass is 19.4. The Morgan fingerprint density at radius 3 is 2.23 bits per heavy atom. The molecule has 1 amide bonds. The Balaban J connectivity index is 2.39. The van der Waals surface area contributed by atoms with E-state index < -0.39 is 11.7 Å². The normalized spacial score (nSPS) is 15.8. The Morgan fingerprint density at radius 1 is 1.12 bits per heavy atom. The number of hydrogen-bond acceptors (Lipinski definition) is 3. The van der Waals surface area contributed by atoms with Gasteiger partial charge < -0.3 is 27.0 Å². The summed E-state index contributed by atoms with van der Waals surface area (Å²) in [6.45, 7) is 3.30. The molecule has 8 nitrogen and oxygen atoms in total. The highest BCUT2D eigenvalue weighted by molar-refractivity contribution is 5.94. The number of piperazine rings is 1. The largest absolute Gasteiger partial charge is 0.416 e. The van der Waals surface area contributed by atoms with Crippen molar-refractivity contribution in [1.29, 1.82) is 0 Å². The summed E-state index contributed by atoms with van der Waals surface area (Å²) in [5.41, 5.74) is 15.6. The molecule has 0 unspecified atom stereocenters. The molecule has 0 bridgehead atoms. The molecule has 0 aromatic heterocycles. The predicted molar refractivity (Wildman–Crippen MR) is 93.0 cm³/mol. The van der Waals surface area contributed by atoms with E-state index in [2.05, 4.69) is 9.98 Å². The van der Waals surface area contributed by atoms with Gasteiger partial charge in [-0.1, -0.05) is 0 Å². The number of carbonyl (C=O) groups excluding carboxylic acids is 1. The number of carbonyl (C=O) groups is 1. The summed E-state index contributed by atoms with van der Waals surface area (Å²) in [6, 6.07) is 3.19. The standard InChI is InChI=1S/C15H20F3N7O/c1-9(26)24-4-6-25(7-5-24)12-3-2-10(15(16,17)18)8-11(12)22-14(21)23-13(19)20/h2-3,8H,4-7H2,1H3,(H6,19,20,21,22,23). The van der Waals surface area contributed by atoms with Gasteiger partial charge in [-0.05, 0) is 18.2 Å². The average Bonchev–Trinajstić information content (AvgIpc) is 2.53. The topological polar surface area (TPSA) is 126 Å². The lowest BCUT2D eigenvalue weighted by molar-refractivity contribution is -0.137. The van der Waals surface area contributed by atoms with Crippen LogP contribution >= 0.6 is 0 Å². The van der Waals surface area contributed by atoms with Gasteiger partial charge in [0.15, 0.2) is 5.96 Å². The summed E-state index contributed by atoms with van der Waals surface area (Å²) < 4.78 is 39.1. The minimum Gasteiger partial charge on any atom is -0.370 e. The lowest BCUT2D eigenvalue weighted by Crippen LogP contribution is -2.48. The lowest BCUT2D eigenvalue weighted by Gasteiger charge is -2.36. The summed E-state index contributed by atoms with van der Waals surface area (Å²) in [4.78, 5) is 22.4. The highest BCUT2D eigenvalue weighted by Crippen LogP contribution is 2.37. The summed E-state index contributed by atoms with van der Waals surface area (Å²) in [7, 11) is 0. The van der Waals surface area contributed by atoms with E-state index in [-0.39, 0.29) is 23.5 Å². The second kappa shape index (κ2) is 7.50. The zero-order chi connectivity index (χ0) is 19.5. The van der Waals surface area contributed by atoms with Gasteiger partial charge in [-0.25, -0.2) is 4.99 Å². The fourth-order valence-corrected chi connectivity index (χ4v) is 2.60. The maximum atomic E-state index is 13.0. The van der Waals surface area contributed by atoms with Crippen LogP contribution in [-0.4, -0.2) is 48.9 Å². The smallest absolute Gasteiger partial charge is 0.370 e. The van der Waals surface area contributed by atoms with Gasteiger partial charge in [0.25, 0.3) is 0 Å². The van der Waals surface area contributed by atoms with Gasteiger partial charge in [-0.15, -0.1) is 0 Å². The van der Waals surface area contributed by atoms with Crippen LogP contribution in [0.25, 0.3) is 0 Å². The third-order valence-electron chi connectivity index (χ3n) is 3.85. The molecule has 1 fully saturated rings. The van der Waals surface area contributed by atoms with Crippen LogP contribution in [-0.2, 0) is 11.0 Å². The molecule has 142 valence electrons. The summed E-state index contributed by atoms with van der Waals surface area (Å²) >= 11 is 0. The van der Waals surface area contributed by atoms with Crippen LogP contribution in [0.4, 0.5) is 24.5 Å². The van der Waals surface area contributed by atoms with Gasteiger partial charge in [0.05, 0.1) is 16.9 Å². The number of nitrogens with zero attached hydrogens (tertiary/aromatic N) is 4. The van der Waals surface area contributed by atoms with Gasteiger partial charge in [0.1, 0.15) is 0 Å². The van der Waals surface area contributed by atoms with Crippen molar-refractivity contribution in [2.75, 3.05) is 31.1 Å². The first-order valence-corrected chi connectivity index (χ1v) is 7.73. The second-order valence-electron chi connectivity index (χ2n) is 5.70.